The fourth-order valence-corrected chi connectivity index (χ4v) is 6.02. The number of hydrogen-bond donors (Lipinski definition) is 2. The highest BCUT2D eigenvalue weighted by molar-refractivity contribution is 5.86. The smallest absolute Gasteiger partial charge is 0.263 e. The zero-order chi connectivity index (χ0) is 28.3. The Morgan fingerprint density at radius 3 is 2.62 bits per heavy atom. The molecule has 0 aliphatic carbocycles. The summed E-state index contributed by atoms with van der Waals surface area (Å²) in [5.74, 6) is -1.43. The number of nitrogens with two attached hydrogens (primary N) is 1. The van der Waals surface area contributed by atoms with Crippen LogP contribution in [-0.2, 0) is 10.4 Å². The lowest BCUT2D eigenvalue weighted by Gasteiger charge is -2.34. The molecule has 2 fully saturated rings. The molecule has 4 heterocycles. The molecule has 3 N–H and O–H groups in total. The minimum Gasteiger partial charge on any atom is -0.382 e. The number of piperidine rings is 1. The van der Waals surface area contributed by atoms with Crippen LogP contribution in [-0.4, -0.2) is 42.9 Å². The van der Waals surface area contributed by atoms with E-state index in [1.165, 1.54) is 47.7 Å². The maximum absolute atomic E-state index is 15.7. The van der Waals surface area contributed by atoms with Crippen molar-refractivity contribution in [3.63, 3.8) is 0 Å². The molecule has 0 saturated carbocycles. The van der Waals surface area contributed by atoms with Gasteiger partial charge in [-0.25, -0.2) is 23.1 Å². The number of amides is 1. The van der Waals surface area contributed by atoms with Crippen molar-refractivity contribution in [3.8, 4) is 11.3 Å². The molecule has 2 aliphatic heterocycles. The summed E-state index contributed by atoms with van der Waals surface area (Å²) < 4.78 is 58.7. The lowest BCUT2D eigenvalue weighted by atomic mass is 9.86. The van der Waals surface area contributed by atoms with Crippen LogP contribution >= 0.6 is 0 Å². The molecule has 11 heteroatoms. The molecule has 7 nitrogen and oxygen atoms in total. The van der Waals surface area contributed by atoms with Crippen molar-refractivity contribution in [2.24, 2.45) is 0 Å². The molecule has 2 saturated heterocycles. The summed E-state index contributed by atoms with van der Waals surface area (Å²) in [6, 6.07) is 9.46. The van der Waals surface area contributed by atoms with Gasteiger partial charge in [-0.2, -0.15) is 4.39 Å². The summed E-state index contributed by atoms with van der Waals surface area (Å²) in [4.78, 5) is 22.8. The quantitative estimate of drug-likeness (QED) is 0.326. The zero-order valence-electron chi connectivity index (χ0n) is 21.6. The predicted molar refractivity (Wildman–Crippen MR) is 140 cm³/mol. The van der Waals surface area contributed by atoms with Gasteiger partial charge in [0.25, 0.3) is 6.43 Å². The Morgan fingerprint density at radius 1 is 1.10 bits per heavy atom. The van der Waals surface area contributed by atoms with Crippen molar-refractivity contribution in [3.05, 3.63) is 82.9 Å². The number of anilines is 1. The second-order valence-electron chi connectivity index (χ2n) is 10.7. The number of carbonyl (C=O) groups is 1. The van der Waals surface area contributed by atoms with Crippen molar-refractivity contribution in [1.29, 1.82) is 0 Å². The normalized spacial score (nSPS) is 20.8. The standard InChI is InChI=1S/C29H27F4N5O2/c1-29(40,17-4-2-3-15(11-17)26(32)33)18-6-9-20(21(30)12-18)24-25-27(34)35-13-22(31)38(25)28(36-24)16-5-7-19-8-10-23(39)37(19)14-16/h2-4,6,9,11-13,16,19,26,40H,5,7-8,10,14H2,1H3,(H2,34,35)/t16-,19+,29?/m1/s1. The summed E-state index contributed by atoms with van der Waals surface area (Å²) in [5.41, 5.74) is 4.61. The SMILES string of the molecule is CC(O)(c1cccc(C(F)F)c1)c1ccc(-c2nc([C@@H]3CC[C@H]4CCC(=O)N4C3)n3c(F)cnc(N)c23)c(F)c1. The van der Waals surface area contributed by atoms with Gasteiger partial charge in [0, 0.05) is 36.1 Å². The van der Waals surface area contributed by atoms with Crippen LogP contribution in [0.15, 0.2) is 48.7 Å². The van der Waals surface area contributed by atoms with E-state index in [1.54, 1.807) is 0 Å². The van der Waals surface area contributed by atoms with E-state index in [9.17, 15) is 18.7 Å². The monoisotopic (exact) mass is 553 g/mol. The number of carbonyl (C=O) groups excluding carboxylic acids is 1. The second-order valence-corrected chi connectivity index (χ2v) is 10.7. The van der Waals surface area contributed by atoms with Gasteiger partial charge >= 0.3 is 0 Å². The number of benzene rings is 2. The Morgan fingerprint density at radius 2 is 1.88 bits per heavy atom. The van der Waals surface area contributed by atoms with E-state index in [0.29, 0.717) is 25.2 Å². The Kier molecular flexibility index (Phi) is 6.29. The number of alkyl halides is 2. The minimum atomic E-state index is -2.73. The van der Waals surface area contributed by atoms with Crippen LogP contribution in [0.1, 0.15) is 67.5 Å². The van der Waals surface area contributed by atoms with Crippen LogP contribution in [0.3, 0.4) is 0 Å². The average molecular weight is 554 g/mol. The number of nitrogen functional groups attached to an aromatic ring is 1. The fourth-order valence-electron chi connectivity index (χ4n) is 6.02. The summed E-state index contributed by atoms with van der Waals surface area (Å²) in [7, 11) is 0. The van der Waals surface area contributed by atoms with Crippen LogP contribution in [0.25, 0.3) is 16.8 Å². The van der Waals surface area contributed by atoms with Crippen LogP contribution < -0.4 is 5.73 Å². The molecule has 0 radical (unpaired) electrons. The summed E-state index contributed by atoms with van der Waals surface area (Å²) in [5, 5.41) is 11.2. The van der Waals surface area contributed by atoms with Crippen LogP contribution in [0.2, 0.25) is 0 Å². The highest BCUT2D eigenvalue weighted by Crippen LogP contribution is 2.40. The molecule has 0 spiro atoms. The number of fused-ring (bicyclic) bond motifs is 2. The first kappa shape index (κ1) is 26.2. The molecule has 0 bridgehead atoms. The molecule has 40 heavy (non-hydrogen) atoms. The van der Waals surface area contributed by atoms with Gasteiger partial charge in [0.05, 0.1) is 6.20 Å². The number of imidazole rings is 1. The van der Waals surface area contributed by atoms with Crippen molar-refractivity contribution in [2.75, 3.05) is 12.3 Å². The second kappa shape index (κ2) is 9.58. The van der Waals surface area contributed by atoms with E-state index in [1.807, 2.05) is 4.90 Å². The van der Waals surface area contributed by atoms with Crippen molar-refractivity contribution < 1.29 is 27.5 Å². The number of aliphatic hydroxyl groups is 1. The minimum absolute atomic E-state index is 0.00895. The number of halogens is 4. The summed E-state index contributed by atoms with van der Waals surface area (Å²) in [6.45, 7) is 1.77. The molecule has 4 aromatic rings. The number of nitrogens with zero attached hydrogens (tertiary/aromatic N) is 4. The number of aromatic nitrogens is 3. The highest BCUT2D eigenvalue weighted by atomic mass is 19.3. The van der Waals surface area contributed by atoms with Crippen molar-refractivity contribution >= 4 is 17.2 Å². The summed E-state index contributed by atoms with van der Waals surface area (Å²) >= 11 is 0. The molecule has 2 aromatic carbocycles. The molecule has 208 valence electrons. The molecular formula is C29H27F4N5O2. The van der Waals surface area contributed by atoms with Crippen molar-refractivity contribution in [1.82, 2.24) is 19.3 Å². The van der Waals surface area contributed by atoms with Crippen LogP contribution in [0.5, 0.6) is 0 Å². The van der Waals surface area contributed by atoms with Crippen molar-refractivity contribution in [2.45, 2.75) is 56.6 Å². The Balaban J connectivity index is 1.43. The topological polar surface area (TPSA) is 96.8 Å². The van der Waals surface area contributed by atoms with Gasteiger partial charge in [0.15, 0.2) is 0 Å². The predicted octanol–water partition coefficient (Wildman–Crippen LogP) is 5.32. The van der Waals surface area contributed by atoms with E-state index >= 15 is 8.78 Å². The van der Waals surface area contributed by atoms with E-state index in [2.05, 4.69) is 9.97 Å². The number of rotatable bonds is 5. The summed E-state index contributed by atoms with van der Waals surface area (Å²) in [6.07, 6.45) is 0.983. The molecule has 1 unspecified atom stereocenters. The van der Waals surface area contributed by atoms with E-state index in [4.69, 9.17) is 5.73 Å². The van der Waals surface area contributed by atoms with E-state index < -0.39 is 23.8 Å². The zero-order valence-corrected chi connectivity index (χ0v) is 21.6. The van der Waals surface area contributed by atoms with Gasteiger partial charge in [0.1, 0.15) is 34.3 Å². The first-order valence-corrected chi connectivity index (χ1v) is 13.1. The highest BCUT2D eigenvalue weighted by Gasteiger charge is 2.39. The number of hydrogen-bond acceptors (Lipinski definition) is 5. The third-order valence-corrected chi connectivity index (χ3v) is 8.24. The maximum atomic E-state index is 15.7. The maximum Gasteiger partial charge on any atom is 0.263 e. The van der Waals surface area contributed by atoms with E-state index in [-0.39, 0.29) is 57.1 Å². The van der Waals surface area contributed by atoms with Gasteiger partial charge in [-0.1, -0.05) is 24.3 Å². The lowest BCUT2D eigenvalue weighted by molar-refractivity contribution is -0.130. The van der Waals surface area contributed by atoms with Gasteiger partial charge in [-0.3, -0.25) is 9.20 Å². The molecule has 3 atom stereocenters. The van der Waals surface area contributed by atoms with Gasteiger partial charge in [0.2, 0.25) is 11.9 Å². The largest absolute Gasteiger partial charge is 0.382 e. The van der Waals surface area contributed by atoms with Crippen LogP contribution in [0.4, 0.5) is 23.4 Å². The molecular weight excluding hydrogens is 526 g/mol. The first-order valence-electron chi connectivity index (χ1n) is 13.1. The molecule has 2 aromatic heterocycles. The van der Waals surface area contributed by atoms with Gasteiger partial charge in [-0.15, -0.1) is 0 Å². The third-order valence-electron chi connectivity index (χ3n) is 8.24. The average Bonchev–Trinajstić information content (AvgIpc) is 3.52. The van der Waals surface area contributed by atoms with Crippen LogP contribution in [0, 0.1) is 11.8 Å². The Hall–Kier alpha value is -3.99. The Bertz CT molecular complexity index is 1640. The van der Waals surface area contributed by atoms with Gasteiger partial charge < -0.3 is 15.7 Å². The third kappa shape index (κ3) is 4.19. The Labute approximate surface area is 227 Å². The molecule has 2 aliphatic rings. The molecule has 6 rings (SSSR count). The fraction of sp³-hybridized carbons (Fsp3) is 0.345. The van der Waals surface area contributed by atoms with Gasteiger partial charge in [-0.05, 0) is 55.5 Å². The molecule has 1 amide bonds. The lowest BCUT2D eigenvalue weighted by Crippen LogP contribution is -2.41. The van der Waals surface area contributed by atoms with E-state index in [0.717, 1.165) is 25.1 Å². The first-order chi connectivity index (χ1) is 19.1.